The van der Waals surface area contributed by atoms with Crippen molar-refractivity contribution in [3.63, 3.8) is 0 Å². The van der Waals surface area contributed by atoms with Crippen molar-refractivity contribution in [1.82, 2.24) is 0 Å². The van der Waals surface area contributed by atoms with Crippen molar-refractivity contribution in [2.45, 2.75) is 0 Å². The van der Waals surface area contributed by atoms with E-state index in [0.29, 0.717) is 0 Å². The van der Waals surface area contributed by atoms with Crippen LogP contribution in [0.5, 0.6) is 0 Å². The lowest BCUT2D eigenvalue weighted by Crippen LogP contribution is -2.10. The highest BCUT2D eigenvalue weighted by molar-refractivity contribution is 7.43. The summed E-state index contributed by atoms with van der Waals surface area (Å²) in [6, 6.07) is 19.4. The van der Waals surface area contributed by atoms with Crippen LogP contribution in [0.1, 0.15) is 11.1 Å². The van der Waals surface area contributed by atoms with Crippen molar-refractivity contribution >= 4 is 24.8 Å². The first-order valence-corrected chi connectivity index (χ1v) is 10.8. The fourth-order valence-electron chi connectivity index (χ4n) is 2.96. The first-order chi connectivity index (χ1) is 14.1. The number of benzene rings is 2. The molecule has 1 aliphatic rings. The summed E-state index contributed by atoms with van der Waals surface area (Å²) in [6.45, 7) is 0. The maximum absolute atomic E-state index is 8.77. The molecule has 3 rings (SSSR count). The van der Waals surface area contributed by atoms with Gasteiger partial charge in [-0.15, -0.1) is 0 Å². The number of anilines is 1. The molecule has 0 heterocycles. The number of phosphoric acid groups is 1. The van der Waals surface area contributed by atoms with E-state index >= 15 is 0 Å². The molecule has 0 fully saturated rings. The SMILES string of the molecule is CN(C)c1ccc(C(=C2C=CC(=[N+](C)C)C=C2)c2ccccc2)cc1.O=P([O-])(O)O. The molecule has 0 aromatic heterocycles. The molecule has 158 valence electrons. The lowest BCUT2D eigenvalue weighted by molar-refractivity contribution is -0.462. The third kappa shape index (κ3) is 7.25. The van der Waals surface area contributed by atoms with Crippen molar-refractivity contribution in [2.24, 2.45) is 0 Å². The van der Waals surface area contributed by atoms with E-state index in [1.165, 1.54) is 33.7 Å². The fourth-order valence-corrected chi connectivity index (χ4v) is 2.96. The lowest BCUT2D eigenvalue weighted by atomic mass is 9.90. The van der Waals surface area contributed by atoms with Gasteiger partial charge < -0.3 is 19.6 Å². The number of hydrogen-bond acceptors (Lipinski definition) is 3. The molecule has 2 aromatic carbocycles. The molecule has 0 saturated heterocycles. The number of allylic oxidation sites excluding steroid dienone is 5. The van der Waals surface area contributed by atoms with Gasteiger partial charge in [0.2, 0.25) is 0 Å². The molecule has 1 aliphatic carbocycles. The zero-order valence-electron chi connectivity index (χ0n) is 17.6. The Hall–Kier alpha value is -2.76. The van der Waals surface area contributed by atoms with Gasteiger partial charge >= 0.3 is 0 Å². The predicted octanol–water partition coefficient (Wildman–Crippen LogP) is 2.83. The second-order valence-electron chi connectivity index (χ2n) is 7.11. The molecule has 0 amide bonds. The predicted molar refractivity (Wildman–Crippen MR) is 121 cm³/mol. The number of nitrogens with zero attached hydrogens (tertiary/aromatic N) is 2. The van der Waals surface area contributed by atoms with E-state index in [9.17, 15) is 0 Å². The smallest absolute Gasteiger partial charge is 0.262 e. The Morgan fingerprint density at radius 3 is 1.77 bits per heavy atom. The van der Waals surface area contributed by atoms with Crippen LogP contribution in [0.2, 0.25) is 0 Å². The zero-order valence-corrected chi connectivity index (χ0v) is 18.5. The van der Waals surface area contributed by atoms with Crippen molar-refractivity contribution < 1.29 is 23.8 Å². The molecule has 0 unspecified atom stereocenters. The van der Waals surface area contributed by atoms with Crippen molar-refractivity contribution in [3.8, 4) is 0 Å². The summed E-state index contributed by atoms with van der Waals surface area (Å²) in [5, 5.41) is 0. The third-order valence-corrected chi connectivity index (χ3v) is 4.41. The molecule has 0 atom stereocenters. The van der Waals surface area contributed by atoms with Crippen LogP contribution in [0.4, 0.5) is 5.69 Å². The van der Waals surface area contributed by atoms with Crippen LogP contribution < -0.4 is 9.79 Å². The molecule has 30 heavy (non-hydrogen) atoms. The lowest BCUT2D eigenvalue weighted by Gasteiger charge is -2.16. The van der Waals surface area contributed by atoms with Gasteiger partial charge in [-0.05, 0) is 46.6 Å². The molecule has 6 nitrogen and oxygen atoms in total. The molecule has 0 radical (unpaired) electrons. The van der Waals surface area contributed by atoms with Gasteiger partial charge in [-0.2, -0.15) is 0 Å². The normalized spacial score (nSPS) is 12.9. The monoisotopic (exact) mass is 426 g/mol. The minimum absolute atomic E-state index is 1.21. The van der Waals surface area contributed by atoms with E-state index in [1.54, 1.807) is 0 Å². The largest absolute Gasteiger partial charge is 0.756 e. The maximum Gasteiger partial charge on any atom is 0.262 e. The number of rotatable bonds is 3. The van der Waals surface area contributed by atoms with Gasteiger partial charge in [0.15, 0.2) is 5.71 Å². The van der Waals surface area contributed by atoms with Crippen molar-refractivity contribution in [3.05, 3.63) is 95.6 Å². The summed E-state index contributed by atoms with van der Waals surface area (Å²) in [5.41, 5.74) is 7.37. The third-order valence-electron chi connectivity index (χ3n) is 4.41. The van der Waals surface area contributed by atoms with Crippen LogP contribution in [0.3, 0.4) is 0 Å². The van der Waals surface area contributed by atoms with Crippen molar-refractivity contribution in [2.75, 3.05) is 33.1 Å². The summed E-state index contributed by atoms with van der Waals surface area (Å²) in [4.78, 5) is 25.0. The molecular formula is C23H27N2O4P. The Kier molecular flexibility index (Phi) is 8.09. The summed E-state index contributed by atoms with van der Waals surface area (Å²) in [5.74, 6) is 0. The Morgan fingerprint density at radius 1 is 0.867 bits per heavy atom. The Morgan fingerprint density at radius 2 is 1.33 bits per heavy atom. The minimum atomic E-state index is -4.89. The van der Waals surface area contributed by atoms with Crippen LogP contribution in [-0.2, 0) is 4.57 Å². The molecular weight excluding hydrogens is 399 g/mol. The average Bonchev–Trinajstić information content (AvgIpc) is 2.68. The molecule has 2 N–H and O–H groups in total. The van der Waals surface area contributed by atoms with E-state index < -0.39 is 7.82 Å². The highest BCUT2D eigenvalue weighted by Crippen LogP contribution is 2.30. The highest BCUT2D eigenvalue weighted by atomic mass is 31.2. The second kappa shape index (κ2) is 10.3. The highest BCUT2D eigenvalue weighted by Gasteiger charge is 2.13. The van der Waals surface area contributed by atoms with Crippen LogP contribution in [0, 0.1) is 0 Å². The van der Waals surface area contributed by atoms with E-state index in [0.717, 1.165) is 0 Å². The number of hydrogen-bond donors (Lipinski definition) is 2. The first-order valence-electron chi connectivity index (χ1n) is 9.30. The van der Waals surface area contributed by atoms with Crippen LogP contribution in [0.15, 0.2) is 84.5 Å². The van der Waals surface area contributed by atoms with Crippen LogP contribution in [0.25, 0.3) is 5.57 Å². The molecule has 0 aliphatic heterocycles. The van der Waals surface area contributed by atoms with Crippen LogP contribution in [-0.4, -0.2) is 48.3 Å². The zero-order chi connectivity index (χ0) is 22.3. The van der Waals surface area contributed by atoms with E-state index in [1.807, 2.05) is 0 Å². The van der Waals surface area contributed by atoms with Gasteiger partial charge in [0.25, 0.3) is 7.82 Å². The van der Waals surface area contributed by atoms with Crippen molar-refractivity contribution in [1.29, 1.82) is 0 Å². The van der Waals surface area contributed by atoms with Gasteiger partial charge in [-0.25, -0.2) is 4.58 Å². The van der Waals surface area contributed by atoms with E-state index in [4.69, 9.17) is 19.2 Å². The Balaban J connectivity index is 0.000000575. The van der Waals surface area contributed by atoms with E-state index in [-0.39, 0.29) is 0 Å². The molecule has 2 aromatic rings. The van der Waals surface area contributed by atoms with Gasteiger partial charge in [0.05, 0.1) is 0 Å². The van der Waals surface area contributed by atoms with Gasteiger partial charge in [0.1, 0.15) is 14.1 Å². The van der Waals surface area contributed by atoms with Gasteiger partial charge in [-0.3, -0.25) is 4.57 Å². The summed E-state index contributed by atoms with van der Waals surface area (Å²) < 4.78 is 10.9. The average molecular weight is 426 g/mol. The van der Waals surface area contributed by atoms with Gasteiger partial charge in [0, 0.05) is 31.9 Å². The van der Waals surface area contributed by atoms with Crippen LogP contribution >= 0.6 is 7.82 Å². The first kappa shape index (κ1) is 23.5. The Labute approximate surface area is 177 Å². The minimum Gasteiger partial charge on any atom is -0.756 e. The quantitative estimate of drug-likeness (QED) is 0.582. The van der Waals surface area contributed by atoms with E-state index in [2.05, 4.69) is 117 Å². The Bertz CT molecular complexity index is 1000. The second-order valence-corrected chi connectivity index (χ2v) is 8.10. The summed E-state index contributed by atoms with van der Waals surface area (Å²) >= 11 is 0. The molecule has 0 spiro atoms. The van der Waals surface area contributed by atoms with Gasteiger partial charge in [-0.1, -0.05) is 42.5 Å². The summed E-state index contributed by atoms with van der Waals surface area (Å²) in [6.07, 6.45) is 8.76. The molecule has 0 bridgehead atoms. The standard InChI is InChI=1S/C23H25N2.H3O4P/c1-24(2)21-14-10-19(11-15-21)23(18-8-6-5-7-9-18)20-12-16-22(17-13-20)25(3)4;1-5(2,3)4/h5-17H,1-4H3;(H3,1,2,3,4)/q+1;/p-1. The molecule has 7 heteroatoms. The maximum atomic E-state index is 8.77. The summed E-state index contributed by atoms with van der Waals surface area (Å²) in [7, 11) is 3.38. The fraction of sp³-hybridized carbons (Fsp3) is 0.174. The topological polar surface area (TPSA) is 86.8 Å². The molecule has 0 saturated carbocycles.